The van der Waals surface area contributed by atoms with E-state index in [4.69, 9.17) is 21.7 Å². The van der Waals surface area contributed by atoms with Gasteiger partial charge >= 0.3 is 0 Å². The number of hydrogen-bond donors (Lipinski definition) is 3. The first-order valence-corrected chi connectivity index (χ1v) is 9.79. The minimum atomic E-state index is -0.309. The van der Waals surface area contributed by atoms with E-state index < -0.39 is 0 Å². The minimum Gasteiger partial charge on any atom is -0.454 e. The molecule has 0 aromatic heterocycles. The number of carbonyl (C=O) groups is 2. The number of hydrogen-bond acceptors (Lipinski definition) is 5. The molecule has 1 aliphatic rings. The molecule has 152 valence electrons. The predicted octanol–water partition coefficient (Wildman–Crippen LogP) is 2.64. The second kappa shape index (κ2) is 9.88. The van der Waals surface area contributed by atoms with E-state index in [2.05, 4.69) is 23.1 Å². The van der Waals surface area contributed by atoms with Crippen LogP contribution in [-0.4, -0.2) is 23.6 Å². The molecule has 0 radical (unpaired) electrons. The first kappa shape index (κ1) is 20.6. The van der Waals surface area contributed by atoms with E-state index in [1.807, 2.05) is 30.3 Å². The van der Waals surface area contributed by atoms with Gasteiger partial charge in [-0.15, -0.1) is 0 Å². The van der Waals surface area contributed by atoms with Gasteiger partial charge in [0.25, 0.3) is 0 Å². The molecule has 2 aromatic carbocycles. The van der Waals surface area contributed by atoms with Crippen molar-refractivity contribution in [2.75, 3.05) is 6.79 Å². The summed E-state index contributed by atoms with van der Waals surface area (Å²) in [5, 5.41) is 3.26. The molecule has 3 N–H and O–H groups in total. The predicted molar refractivity (Wildman–Crippen MR) is 113 cm³/mol. The number of amides is 1. The molecule has 0 aliphatic carbocycles. The Morgan fingerprint density at radius 2 is 1.69 bits per heavy atom. The van der Waals surface area contributed by atoms with Crippen molar-refractivity contribution in [3.05, 3.63) is 59.2 Å². The number of ketones is 1. The second-order valence-corrected chi connectivity index (χ2v) is 6.93. The lowest BCUT2D eigenvalue weighted by molar-refractivity contribution is -0.121. The fourth-order valence-electron chi connectivity index (χ4n) is 2.76. The van der Waals surface area contributed by atoms with Crippen molar-refractivity contribution in [1.82, 2.24) is 16.2 Å². The molecule has 0 saturated carbocycles. The summed E-state index contributed by atoms with van der Waals surface area (Å²) in [6, 6.07) is 13.1. The number of Topliss-reactive ketones (excluding diaryl/α,β-unsaturated/α-hetero) is 1. The summed E-state index contributed by atoms with van der Waals surface area (Å²) in [4.78, 5) is 24.1. The lowest BCUT2D eigenvalue weighted by Crippen LogP contribution is -2.46. The molecule has 1 amide bonds. The monoisotopic (exact) mass is 413 g/mol. The third-order valence-corrected chi connectivity index (χ3v) is 4.72. The quantitative estimate of drug-likeness (QED) is 0.365. The van der Waals surface area contributed by atoms with Gasteiger partial charge in [-0.1, -0.05) is 37.3 Å². The highest BCUT2D eigenvalue weighted by molar-refractivity contribution is 7.80. The smallest absolute Gasteiger partial charge is 0.238 e. The summed E-state index contributed by atoms with van der Waals surface area (Å²) in [5.41, 5.74) is 7.88. The van der Waals surface area contributed by atoms with Gasteiger partial charge in [-0.2, -0.15) is 0 Å². The van der Waals surface area contributed by atoms with Crippen LogP contribution < -0.4 is 25.6 Å². The summed E-state index contributed by atoms with van der Waals surface area (Å²) in [6.45, 7) is 2.75. The third-order valence-electron chi connectivity index (χ3n) is 4.47. The zero-order chi connectivity index (χ0) is 20.6. The highest BCUT2D eigenvalue weighted by Gasteiger charge is 2.13. The summed E-state index contributed by atoms with van der Waals surface area (Å²) < 4.78 is 10.6. The Balaban J connectivity index is 1.35. The summed E-state index contributed by atoms with van der Waals surface area (Å²) >= 11 is 5.15. The van der Waals surface area contributed by atoms with Crippen LogP contribution in [0.3, 0.4) is 0 Å². The van der Waals surface area contributed by atoms with Crippen molar-refractivity contribution < 1.29 is 19.1 Å². The fraction of sp³-hybridized carbons (Fsp3) is 0.286. The van der Waals surface area contributed by atoms with E-state index in [1.165, 1.54) is 5.56 Å². The summed E-state index contributed by atoms with van der Waals surface area (Å²) in [6.07, 6.45) is 1.13. The number of nitrogens with one attached hydrogen (secondary N) is 3. The maximum Gasteiger partial charge on any atom is 0.238 e. The van der Waals surface area contributed by atoms with Gasteiger partial charge in [-0.05, 0) is 41.9 Å². The van der Waals surface area contributed by atoms with Gasteiger partial charge < -0.3 is 14.8 Å². The third kappa shape index (κ3) is 5.92. The Morgan fingerprint density at radius 1 is 0.966 bits per heavy atom. The molecule has 1 heterocycles. The van der Waals surface area contributed by atoms with Gasteiger partial charge in [0, 0.05) is 24.9 Å². The Bertz CT molecular complexity index is 899. The first-order chi connectivity index (χ1) is 14.0. The van der Waals surface area contributed by atoms with E-state index in [1.54, 1.807) is 12.1 Å². The minimum absolute atomic E-state index is 0.0636. The number of thiocarbonyl (C=S) groups is 1. The molecule has 0 unspecified atom stereocenters. The Labute approximate surface area is 174 Å². The fourth-order valence-corrected chi connectivity index (χ4v) is 2.89. The first-order valence-electron chi connectivity index (χ1n) is 9.38. The van der Waals surface area contributed by atoms with Crippen molar-refractivity contribution in [2.24, 2.45) is 0 Å². The van der Waals surface area contributed by atoms with Crippen LogP contribution in [0, 0.1) is 0 Å². The van der Waals surface area contributed by atoms with Crippen molar-refractivity contribution in [2.45, 2.75) is 32.7 Å². The van der Waals surface area contributed by atoms with Crippen molar-refractivity contribution in [1.29, 1.82) is 0 Å². The molecule has 8 heteroatoms. The Kier molecular flexibility index (Phi) is 7.02. The van der Waals surface area contributed by atoms with Crippen molar-refractivity contribution >= 4 is 29.0 Å². The average Bonchev–Trinajstić information content (AvgIpc) is 3.22. The van der Waals surface area contributed by atoms with Crippen molar-refractivity contribution in [3.63, 3.8) is 0 Å². The van der Waals surface area contributed by atoms with Gasteiger partial charge in [0.1, 0.15) is 0 Å². The van der Waals surface area contributed by atoms with E-state index in [-0.39, 0.29) is 36.4 Å². The molecule has 0 bridgehead atoms. The van der Waals surface area contributed by atoms with Crippen LogP contribution in [0.1, 0.15) is 41.3 Å². The number of hydrazine groups is 1. The SMILES string of the molecule is CCc1ccc(C(=O)CCC(=O)NNC(=S)NCc2ccc3c(c2)OCO3)cc1. The lowest BCUT2D eigenvalue weighted by atomic mass is 10.0. The van der Waals surface area contributed by atoms with Gasteiger partial charge in [0.2, 0.25) is 12.7 Å². The number of fused-ring (bicyclic) bond motifs is 1. The summed E-state index contributed by atoms with van der Waals surface area (Å²) in [5.74, 6) is 1.05. The zero-order valence-electron chi connectivity index (χ0n) is 16.1. The van der Waals surface area contributed by atoms with E-state index in [0.29, 0.717) is 17.9 Å². The average molecular weight is 413 g/mol. The lowest BCUT2D eigenvalue weighted by Gasteiger charge is -2.12. The standard InChI is InChI=1S/C21H23N3O4S/c1-2-14-3-6-16(7-4-14)17(25)8-10-20(26)23-24-21(29)22-12-15-5-9-18-19(11-15)28-13-27-18/h3-7,9,11H,2,8,10,12-13H2,1H3,(H,23,26)(H2,22,24,29). The van der Waals surface area contributed by atoms with Crippen LogP contribution in [0.15, 0.2) is 42.5 Å². The second-order valence-electron chi connectivity index (χ2n) is 6.52. The largest absolute Gasteiger partial charge is 0.454 e. The van der Waals surface area contributed by atoms with Crippen LogP contribution in [0.4, 0.5) is 0 Å². The van der Waals surface area contributed by atoms with Crippen LogP contribution in [-0.2, 0) is 17.8 Å². The van der Waals surface area contributed by atoms with Crippen LogP contribution in [0.25, 0.3) is 0 Å². The topological polar surface area (TPSA) is 88.7 Å². The molecule has 29 heavy (non-hydrogen) atoms. The van der Waals surface area contributed by atoms with Crippen LogP contribution in [0.2, 0.25) is 0 Å². The maximum atomic E-state index is 12.2. The highest BCUT2D eigenvalue weighted by atomic mass is 32.1. The molecule has 2 aromatic rings. The zero-order valence-corrected chi connectivity index (χ0v) is 16.9. The van der Waals surface area contributed by atoms with E-state index in [0.717, 1.165) is 17.7 Å². The van der Waals surface area contributed by atoms with Gasteiger partial charge in [0.15, 0.2) is 22.4 Å². The molecular formula is C21H23N3O4S. The van der Waals surface area contributed by atoms with Gasteiger partial charge in [-0.3, -0.25) is 20.4 Å². The molecular weight excluding hydrogens is 390 g/mol. The maximum absolute atomic E-state index is 12.2. The number of aryl methyl sites for hydroxylation is 1. The van der Waals surface area contributed by atoms with Gasteiger partial charge in [-0.25, -0.2) is 0 Å². The molecule has 0 saturated heterocycles. The van der Waals surface area contributed by atoms with E-state index in [9.17, 15) is 9.59 Å². The van der Waals surface area contributed by atoms with E-state index >= 15 is 0 Å². The molecule has 0 spiro atoms. The molecule has 3 rings (SSSR count). The number of benzene rings is 2. The number of ether oxygens (including phenoxy) is 2. The van der Waals surface area contributed by atoms with Crippen LogP contribution >= 0.6 is 12.2 Å². The number of rotatable bonds is 7. The molecule has 0 fully saturated rings. The molecule has 7 nitrogen and oxygen atoms in total. The summed E-state index contributed by atoms with van der Waals surface area (Å²) in [7, 11) is 0. The number of carbonyl (C=O) groups excluding carboxylic acids is 2. The Hall–Kier alpha value is -3.13. The Morgan fingerprint density at radius 3 is 2.45 bits per heavy atom. The normalized spacial score (nSPS) is 11.6. The highest BCUT2D eigenvalue weighted by Crippen LogP contribution is 2.32. The van der Waals surface area contributed by atoms with Gasteiger partial charge in [0.05, 0.1) is 0 Å². The van der Waals surface area contributed by atoms with Crippen molar-refractivity contribution in [3.8, 4) is 11.5 Å². The molecule has 0 atom stereocenters. The van der Waals surface area contributed by atoms with Crippen LogP contribution in [0.5, 0.6) is 11.5 Å². The molecule has 1 aliphatic heterocycles.